The summed E-state index contributed by atoms with van der Waals surface area (Å²) in [5, 5.41) is 10.9. The Hall–Kier alpha value is -1.75. The van der Waals surface area contributed by atoms with Crippen molar-refractivity contribution in [1.29, 1.82) is 0 Å². The molecule has 27 heavy (non-hydrogen) atoms. The van der Waals surface area contributed by atoms with Crippen LogP contribution < -0.4 is 5.32 Å². The number of carboxylic acid groups (broad SMARTS) is 1. The van der Waals surface area contributed by atoms with Gasteiger partial charge in [-0.25, -0.2) is 4.79 Å². The predicted molar refractivity (Wildman–Crippen MR) is 94.4 cm³/mol. The molecule has 0 saturated heterocycles. The van der Waals surface area contributed by atoms with Crippen LogP contribution in [-0.2, 0) is 38.1 Å². The minimum Gasteiger partial charge on any atom is -0.480 e. The Morgan fingerprint density at radius 3 is 1.93 bits per heavy atom. The molecule has 0 aromatic carbocycles. The van der Waals surface area contributed by atoms with E-state index in [2.05, 4.69) is 10.1 Å². The molecule has 1 amide bonds. The Kier molecular flexibility index (Phi) is 14.3. The van der Waals surface area contributed by atoms with E-state index < -0.39 is 24.1 Å². The normalized spacial score (nSPS) is 11.2. The molecule has 0 saturated carbocycles. The fraction of sp³-hybridized carbons (Fsp3) is 0.824. The molecule has 0 aliphatic carbocycles. The number of rotatable bonds is 16. The topological polar surface area (TPSA) is 130 Å². The molecule has 0 radical (unpaired) electrons. The third-order valence-corrected chi connectivity index (χ3v) is 2.64. The summed E-state index contributed by atoms with van der Waals surface area (Å²) in [4.78, 5) is 32.9. The molecule has 0 aromatic heterocycles. The van der Waals surface area contributed by atoms with E-state index >= 15 is 0 Å². The SMILES string of the molecule is CC(C)(C)OC(=O)CCOCCOCCOCCNC(=O)COCC(=O)O. The highest BCUT2D eigenvalue weighted by Gasteiger charge is 2.15. The van der Waals surface area contributed by atoms with E-state index in [0.29, 0.717) is 39.6 Å². The first kappa shape index (κ1) is 25.2. The van der Waals surface area contributed by atoms with Gasteiger partial charge in [0.15, 0.2) is 0 Å². The van der Waals surface area contributed by atoms with E-state index in [1.165, 1.54) is 0 Å². The van der Waals surface area contributed by atoms with Gasteiger partial charge in [-0.2, -0.15) is 0 Å². The number of carboxylic acids is 1. The van der Waals surface area contributed by atoms with Crippen LogP contribution in [0.4, 0.5) is 0 Å². The van der Waals surface area contributed by atoms with Crippen LogP contribution in [0.3, 0.4) is 0 Å². The molecule has 0 bridgehead atoms. The van der Waals surface area contributed by atoms with Crippen molar-refractivity contribution >= 4 is 17.8 Å². The minimum atomic E-state index is -1.13. The number of amides is 1. The van der Waals surface area contributed by atoms with Gasteiger partial charge in [0.05, 0.1) is 46.1 Å². The van der Waals surface area contributed by atoms with Gasteiger partial charge in [-0.1, -0.05) is 0 Å². The number of carbonyl (C=O) groups is 3. The summed E-state index contributed by atoms with van der Waals surface area (Å²) in [6, 6.07) is 0. The van der Waals surface area contributed by atoms with Gasteiger partial charge in [0.2, 0.25) is 5.91 Å². The number of hydrogen-bond donors (Lipinski definition) is 2. The lowest BCUT2D eigenvalue weighted by Gasteiger charge is -2.19. The van der Waals surface area contributed by atoms with Crippen molar-refractivity contribution in [3.8, 4) is 0 Å². The first-order valence-corrected chi connectivity index (χ1v) is 8.72. The van der Waals surface area contributed by atoms with Crippen LogP contribution in [0.25, 0.3) is 0 Å². The first-order valence-electron chi connectivity index (χ1n) is 8.72. The van der Waals surface area contributed by atoms with Crippen LogP contribution in [0.2, 0.25) is 0 Å². The molecule has 2 N–H and O–H groups in total. The molecule has 0 unspecified atom stereocenters. The van der Waals surface area contributed by atoms with Crippen LogP contribution >= 0.6 is 0 Å². The molecule has 0 rings (SSSR count). The van der Waals surface area contributed by atoms with E-state index in [9.17, 15) is 14.4 Å². The molecular weight excluding hydrogens is 362 g/mol. The summed E-state index contributed by atoms with van der Waals surface area (Å²) in [7, 11) is 0. The molecule has 0 heterocycles. The van der Waals surface area contributed by atoms with Crippen LogP contribution in [0.15, 0.2) is 0 Å². The fourth-order valence-corrected chi connectivity index (χ4v) is 1.63. The number of aliphatic carboxylic acids is 1. The summed E-state index contributed by atoms with van der Waals surface area (Å²) < 4.78 is 25.6. The Labute approximate surface area is 159 Å². The van der Waals surface area contributed by atoms with E-state index in [0.717, 1.165) is 0 Å². The Morgan fingerprint density at radius 1 is 0.815 bits per heavy atom. The average molecular weight is 393 g/mol. The van der Waals surface area contributed by atoms with Crippen molar-refractivity contribution in [3.63, 3.8) is 0 Å². The fourth-order valence-electron chi connectivity index (χ4n) is 1.63. The van der Waals surface area contributed by atoms with Crippen LogP contribution in [0.1, 0.15) is 27.2 Å². The number of ether oxygens (including phenoxy) is 5. The Balaban J connectivity index is 3.28. The highest BCUT2D eigenvalue weighted by atomic mass is 16.6. The molecule has 0 aromatic rings. The van der Waals surface area contributed by atoms with Gasteiger partial charge in [-0.05, 0) is 20.8 Å². The Morgan fingerprint density at radius 2 is 1.37 bits per heavy atom. The summed E-state index contributed by atoms with van der Waals surface area (Å²) in [6.45, 7) is 7.01. The zero-order chi connectivity index (χ0) is 20.5. The maximum atomic E-state index is 11.4. The van der Waals surface area contributed by atoms with Gasteiger partial charge in [0, 0.05) is 6.54 Å². The molecule has 0 fully saturated rings. The quantitative estimate of drug-likeness (QED) is 0.274. The Bertz CT molecular complexity index is 435. The van der Waals surface area contributed by atoms with Crippen molar-refractivity contribution < 1.29 is 43.2 Å². The van der Waals surface area contributed by atoms with Gasteiger partial charge < -0.3 is 34.1 Å². The molecule has 158 valence electrons. The predicted octanol–water partition coefficient (Wildman–Crippen LogP) is -0.0146. The second-order valence-electron chi connectivity index (χ2n) is 6.41. The third-order valence-electron chi connectivity index (χ3n) is 2.64. The highest BCUT2D eigenvalue weighted by Crippen LogP contribution is 2.07. The zero-order valence-electron chi connectivity index (χ0n) is 16.3. The summed E-state index contributed by atoms with van der Waals surface area (Å²) in [5.74, 6) is -1.82. The van der Waals surface area contributed by atoms with Crippen molar-refractivity contribution in [2.75, 3.05) is 59.4 Å². The van der Waals surface area contributed by atoms with E-state index in [1.54, 1.807) is 0 Å². The molecule has 10 nitrogen and oxygen atoms in total. The van der Waals surface area contributed by atoms with Gasteiger partial charge >= 0.3 is 11.9 Å². The van der Waals surface area contributed by atoms with Gasteiger partial charge in [-0.15, -0.1) is 0 Å². The summed E-state index contributed by atoms with van der Waals surface area (Å²) in [6.07, 6.45) is 0.202. The smallest absolute Gasteiger partial charge is 0.329 e. The lowest BCUT2D eigenvalue weighted by atomic mass is 10.2. The average Bonchev–Trinajstić information content (AvgIpc) is 2.53. The maximum absolute atomic E-state index is 11.4. The molecule has 0 spiro atoms. The third kappa shape index (κ3) is 20.4. The molecule has 0 aliphatic heterocycles. The summed E-state index contributed by atoms with van der Waals surface area (Å²) in [5.41, 5.74) is -0.489. The van der Waals surface area contributed by atoms with Crippen molar-refractivity contribution in [1.82, 2.24) is 5.32 Å². The second-order valence-corrected chi connectivity index (χ2v) is 6.41. The summed E-state index contributed by atoms with van der Waals surface area (Å²) >= 11 is 0. The lowest BCUT2D eigenvalue weighted by Crippen LogP contribution is -2.31. The number of nitrogens with one attached hydrogen (secondary N) is 1. The van der Waals surface area contributed by atoms with Crippen LogP contribution in [0.5, 0.6) is 0 Å². The molecular formula is C17H31NO9. The number of carbonyl (C=O) groups excluding carboxylic acids is 2. The van der Waals surface area contributed by atoms with Crippen molar-refractivity contribution in [3.05, 3.63) is 0 Å². The minimum absolute atomic E-state index is 0.202. The molecule has 10 heteroatoms. The largest absolute Gasteiger partial charge is 0.480 e. The van der Waals surface area contributed by atoms with Crippen LogP contribution in [-0.4, -0.2) is 88.0 Å². The van der Waals surface area contributed by atoms with Crippen molar-refractivity contribution in [2.24, 2.45) is 0 Å². The zero-order valence-corrected chi connectivity index (χ0v) is 16.3. The first-order chi connectivity index (χ1) is 12.7. The molecule has 0 atom stereocenters. The van der Waals surface area contributed by atoms with Gasteiger partial charge in [0.1, 0.15) is 18.8 Å². The molecule has 0 aliphatic rings. The standard InChI is InChI=1S/C17H31NO9/c1-17(2,3)27-16(22)4-6-23-8-10-25-11-9-24-7-5-18-14(19)12-26-13-15(20)21/h4-13H2,1-3H3,(H,18,19)(H,20,21). The van der Waals surface area contributed by atoms with Gasteiger partial charge in [-0.3, -0.25) is 9.59 Å². The van der Waals surface area contributed by atoms with Gasteiger partial charge in [0.25, 0.3) is 0 Å². The lowest BCUT2D eigenvalue weighted by molar-refractivity contribution is -0.156. The monoisotopic (exact) mass is 393 g/mol. The maximum Gasteiger partial charge on any atom is 0.329 e. The van der Waals surface area contributed by atoms with Crippen molar-refractivity contribution in [2.45, 2.75) is 32.8 Å². The number of hydrogen-bond acceptors (Lipinski definition) is 8. The highest BCUT2D eigenvalue weighted by molar-refractivity contribution is 5.77. The van der Waals surface area contributed by atoms with E-state index in [1.807, 2.05) is 20.8 Å². The number of esters is 1. The van der Waals surface area contributed by atoms with E-state index in [4.69, 9.17) is 24.1 Å². The van der Waals surface area contributed by atoms with E-state index in [-0.39, 0.29) is 25.6 Å². The second kappa shape index (κ2) is 15.3. The van der Waals surface area contributed by atoms with Crippen LogP contribution in [0, 0.1) is 0 Å².